The molecule has 0 fully saturated rings. The van der Waals surface area contributed by atoms with E-state index in [1.807, 2.05) is 29.7 Å². The average molecular weight is 848 g/mol. The topological polar surface area (TPSA) is 22.1 Å². The molecule has 0 radical (unpaired) electrons. The third-order valence-electron chi connectivity index (χ3n) is 13.3. The van der Waals surface area contributed by atoms with E-state index < -0.39 is 5.41 Å². The number of hydrogen-bond acceptors (Lipinski definition) is 5. The van der Waals surface area contributed by atoms with E-state index in [1.54, 1.807) is 11.8 Å². The Morgan fingerprint density at radius 2 is 1.02 bits per heavy atom. The van der Waals surface area contributed by atoms with Gasteiger partial charge in [-0.25, -0.2) is 0 Å². The van der Waals surface area contributed by atoms with Crippen LogP contribution in [0.3, 0.4) is 0 Å². The summed E-state index contributed by atoms with van der Waals surface area (Å²) < 4.78 is 6.71. The van der Waals surface area contributed by atoms with Crippen molar-refractivity contribution in [3.05, 3.63) is 222 Å². The number of nitrogens with zero attached hydrogens (tertiary/aromatic N) is 1. The van der Waals surface area contributed by atoms with E-state index in [1.165, 1.54) is 75.2 Å². The van der Waals surface area contributed by atoms with Gasteiger partial charge < -0.3 is 4.74 Å². The lowest BCUT2D eigenvalue weighted by Gasteiger charge is -2.34. The number of pyridine rings is 1. The second-order valence-corrected chi connectivity index (χ2v) is 20.2. The van der Waals surface area contributed by atoms with Crippen molar-refractivity contribution < 1.29 is 4.74 Å². The fraction of sp³-hybridized carbons (Fsp3) is 0.0702. The molecule has 0 spiro atoms. The molecule has 62 heavy (non-hydrogen) atoms. The molecule has 5 heteroatoms. The largest absolute Gasteiger partial charge is 0.454 e. The Morgan fingerprint density at radius 1 is 0.435 bits per heavy atom. The average Bonchev–Trinajstić information content (AvgIpc) is 3.76. The zero-order chi connectivity index (χ0) is 41.2. The molecule has 0 bridgehead atoms. The Morgan fingerprint density at radius 3 is 1.77 bits per heavy atom. The Hall–Kier alpha value is -6.24. The van der Waals surface area contributed by atoms with Crippen LogP contribution in [0.5, 0.6) is 11.5 Å². The molecule has 9 aromatic rings. The van der Waals surface area contributed by atoms with E-state index >= 15 is 0 Å². The van der Waals surface area contributed by atoms with Crippen molar-refractivity contribution in [1.82, 2.24) is 4.98 Å². The van der Waals surface area contributed by atoms with Crippen LogP contribution in [0.25, 0.3) is 44.6 Å². The number of rotatable bonds is 4. The van der Waals surface area contributed by atoms with E-state index in [4.69, 9.17) is 9.72 Å². The fourth-order valence-electron chi connectivity index (χ4n) is 10.5. The Bertz CT molecular complexity index is 3280. The molecule has 0 unspecified atom stereocenters. The van der Waals surface area contributed by atoms with Crippen molar-refractivity contribution in [2.45, 2.75) is 54.1 Å². The van der Waals surface area contributed by atoms with Gasteiger partial charge in [0.15, 0.2) is 0 Å². The first-order chi connectivity index (χ1) is 30.5. The van der Waals surface area contributed by atoms with Crippen LogP contribution >= 0.6 is 35.3 Å². The molecule has 13 rings (SSSR count). The number of fused-ring (bicyclic) bond motifs is 12. The van der Waals surface area contributed by atoms with Crippen molar-refractivity contribution in [3.8, 4) is 56.1 Å². The maximum atomic E-state index is 6.71. The van der Waals surface area contributed by atoms with Crippen LogP contribution in [-0.2, 0) is 10.8 Å². The molecule has 294 valence electrons. The summed E-state index contributed by atoms with van der Waals surface area (Å²) in [5, 5.41) is 0. The SMILES string of the molecule is CC1(C)c2ccc(-c3ccc(-c4ccc5c(c4)-c4c(ccc6c4Sc4ccccc4S6)C5(c4ccccc4)c4ccccc4)nc3)cc2-c2c1ccc1c2Oc2ccccc2S1. The van der Waals surface area contributed by atoms with Crippen molar-refractivity contribution in [1.29, 1.82) is 0 Å². The van der Waals surface area contributed by atoms with Crippen LogP contribution in [-0.4, -0.2) is 4.98 Å². The van der Waals surface area contributed by atoms with E-state index in [2.05, 4.69) is 196 Å². The minimum Gasteiger partial charge on any atom is -0.454 e. The van der Waals surface area contributed by atoms with Crippen LogP contribution in [0.15, 0.2) is 218 Å². The van der Waals surface area contributed by atoms with Gasteiger partial charge >= 0.3 is 0 Å². The van der Waals surface area contributed by atoms with Gasteiger partial charge in [0.05, 0.1) is 20.9 Å². The van der Waals surface area contributed by atoms with Gasteiger partial charge in [-0.15, -0.1) is 0 Å². The van der Waals surface area contributed by atoms with Gasteiger partial charge in [-0.1, -0.05) is 177 Å². The highest BCUT2D eigenvalue weighted by Gasteiger charge is 2.48. The van der Waals surface area contributed by atoms with Gasteiger partial charge in [-0.05, 0) is 105 Å². The van der Waals surface area contributed by atoms with Gasteiger partial charge in [0.2, 0.25) is 0 Å². The molecule has 0 saturated carbocycles. The molecule has 2 aliphatic carbocycles. The second-order valence-electron chi connectivity index (χ2n) is 17.0. The highest BCUT2D eigenvalue weighted by atomic mass is 32.2. The first-order valence-corrected chi connectivity index (χ1v) is 23.5. The van der Waals surface area contributed by atoms with E-state index in [-0.39, 0.29) is 5.41 Å². The third kappa shape index (κ3) is 5.19. The van der Waals surface area contributed by atoms with Gasteiger partial charge in [-0.3, -0.25) is 4.98 Å². The summed E-state index contributed by atoms with van der Waals surface area (Å²) in [5.41, 5.74) is 16.5. The predicted octanol–water partition coefficient (Wildman–Crippen LogP) is 16.0. The lowest BCUT2D eigenvalue weighted by atomic mass is 9.67. The van der Waals surface area contributed by atoms with Crippen molar-refractivity contribution >= 4 is 35.3 Å². The van der Waals surface area contributed by atoms with Crippen LogP contribution in [0.2, 0.25) is 0 Å². The molecule has 0 N–H and O–H groups in total. The Kier molecular flexibility index (Phi) is 8.01. The molecular weight excluding hydrogens is 811 g/mol. The monoisotopic (exact) mass is 847 g/mol. The molecule has 2 aliphatic heterocycles. The Balaban J connectivity index is 0.930. The zero-order valence-corrected chi connectivity index (χ0v) is 36.4. The van der Waals surface area contributed by atoms with E-state index in [9.17, 15) is 0 Å². The minimum atomic E-state index is -0.479. The highest BCUT2D eigenvalue weighted by molar-refractivity contribution is 8.05. The summed E-state index contributed by atoms with van der Waals surface area (Å²) in [4.78, 5) is 12.8. The third-order valence-corrected chi connectivity index (χ3v) is 17.0. The number of ether oxygens (including phenoxy) is 1. The summed E-state index contributed by atoms with van der Waals surface area (Å²) in [6, 6.07) is 67.0. The molecule has 1 aromatic heterocycles. The number of aromatic nitrogens is 1. The maximum absolute atomic E-state index is 6.71. The highest BCUT2D eigenvalue weighted by Crippen LogP contribution is 2.63. The lowest BCUT2D eigenvalue weighted by molar-refractivity contribution is 0.455. The molecule has 0 saturated heterocycles. The number of para-hydroxylation sites is 1. The smallest absolute Gasteiger partial charge is 0.149 e. The molecule has 3 heterocycles. The zero-order valence-electron chi connectivity index (χ0n) is 34.0. The van der Waals surface area contributed by atoms with Crippen LogP contribution in [0.1, 0.15) is 47.2 Å². The lowest BCUT2D eigenvalue weighted by Crippen LogP contribution is -2.28. The molecule has 0 atom stereocenters. The van der Waals surface area contributed by atoms with Crippen LogP contribution < -0.4 is 4.74 Å². The summed E-state index contributed by atoms with van der Waals surface area (Å²) in [7, 11) is 0. The molecule has 4 aliphatic rings. The van der Waals surface area contributed by atoms with Crippen LogP contribution in [0.4, 0.5) is 0 Å². The van der Waals surface area contributed by atoms with E-state index in [0.29, 0.717) is 0 Å². The minimum absolute atomic E-state index is 0.143. The van der Waals surface area contributed by atoms with Gasteiger partial charge in [0, 0.05) is 53.4 Å². The van der Waals surface area contributed by atoms with Crippen molar-refractivity contribution in [2.24, 2.45) is 0 Å². The standard InChI is InChI=1S/C57H37NOS3/c1-56(2)41-24-21-34(31-39(41)52-43(56)26-29-50-54(52)59-46-17-9-10-18-47(46)60-50)36-23-28-45(58-33-36)35-22-25-42-40(32-35)53-44(27-30-51-55(53)62-49-20-12-11-19-48(49)61-51)57(42,37-13-5-3-6-14-37)38-15-7-4-8-16-38/h3-33H,1-2H3. The summed E-state index contributed by atoms with van der Waals surface area (Å²) in [5.74, 6) is 1.89. The van der Waals surface area contributed by atoms with Crippen molar-refractivity contribution in [2.75, 3.05) is 0 Å². The molecule has 0 amide bonds. The van der Waals surface area contributed by atoms with Gasteiger partial charge in [0.1, 0.15) is 11.5 Å². The summed E-state index contributed by atoms with van der Waals surface area (Å²) in [6.07, 6.45) is 2.05. The number of benzene rings is 8. The Labute approximate surface area is 374 Å². The van der Waals surface area contributed by atoms with E-state index in [0.717, 1.165) is 43.7 Å². The fourth-order valence-corrected chi connectivity index (χ4v) is 13.8. The molecule has 8 aromatic carbocycles. The first-order valence-electron chi connectivity index (χ1n) is 21.1. The predicted molar refractivity (Wildman–Crippen MR) is 255 cm³/mol. The normalized spacial score (nSPS) is 15.1. The van der Waals surface area contributed by atoms with Gasteiger partial charge in [0.25, 0.3) is 0 Å². The van der Waals surface area contributed by atoms with Crippen LogP contribution in [0, 0.1) is 0 Å². The number of hydrogen-bond donors (Lipinski definition) is 0. The van der Waals surface area contributed by atoms with Crippen molar-refractivity contribution in [3.63, 3.8) is 0 Å². The van der Waals surface area contributed by atoms with Gasteiger partial charge in [-0.2, -0.15) is 0 Å². The second kappa shape index (κ2) is 13.6. The summed E-state index contributed by atoms with van der Waals surface area (Å²) >= 11 is 5.58. The quantitative estimate of drug-likeness (QED) is 0.175. The molecule has 2 nitrogen and oxygen atoms in total. The summed E-state index contributed by atoms with van der Waals surface area (Å²) in [6.45, 7) is 4.66. The molecular formula is C57H37NOS3. The first kappa shape index (κ1) is 36.4. The maximum Gasteiger partial charge on any atom is 0.149 e.